The van der Waals surface area contributed by atoms with Crippen molar-refractivity contribution in [3.63, 3.8) is 0 Å². The van der Waals surface area contributed by atoms with E-state index in [1.165, 1.54) is 0 Å². The van der Waals surface area contributed by atoms with Gasteiger partial charge in [0, 0.05) is 18.3 Å². The van der Waals surface area contributed by atoms with Crippen LogP contribution in [0.1, 0.15) is 50.1 Å². The maximum atomic E-state index is 12.8. The number of carbonyl (C=O) groups excluding carboxylic acids is 1. The molecule has 1 N–H and O–H groups in total. The zero-order valence-electron chi connectivity index (χ0n) is 14.2. The summed E-state index contributed by atoms with van der Waals surface area (Å²) in [5, 5.41) is 7.45. The second-order valence-corrected chi connectivity index (χ2v) is 7.23. The highest BCUT2D eigenvalue weighted by Crippen LogP contribution is 2.48. The highest BCUT2D eigenvalue weighted by molar-refractivity contribution is 5.91. The number of nitrogens with one attached hydrogen (secondary N) is 1. The summed E-state index contributed by atoms with van der Waals surface area (Å²) in [6.07, 6.45) is 7.06. The zero-order valence-corrected chi connectivity index (χ0v) is 14.2. The van der Waals surface area contributed by atoms with E-state index in [4.69, 9.17) is 0 Å². The molecule has 0 radical (unpaired) electrons. The highest BCUT2D eigenvalue weighted by atomic mass is 16.2. The molecule has 1 aromatic carbocycles. The highest BCUT2D eigenvalue weighted by Gasteiger charge is 2.51. The van der Waals surface area contributed by atoms with Gasteiger partial charge in [0.25, 0.3) is 5.56 Å². The maximum absolute atomic E-state index is 12.8. The predicted molar refractivity (Wildman–Crippen MR) is 95.3 cm³/mol. The number of hydrogen-bond donors (Lipinski definition) is 1. The van der Waals surface area contributed by atoms with Gasteiger partial charge in [-0.2, -0.15) is 5.10 Å². The molecule has 0 saturated heterocycles. The van der Waals surface area contributed by atoms with Crippen LogP contribution in [0.4, 0.5) is 0 Å². The third kappa shape index (κ3) is 3.11. The molecule has 1 amide bonds. The first kappa shape index (κ1) is 16.1. The molecule has 1 heterocycles. The largest absolute Gasteiger partial charge is 0.353 e. The molecule has 2 aliphatic rings. The fourth-order valence-electron chi connectivity index (χ4n) is 3.96. The predicted octanol–water partition coefficient (Wildman–Crippen LogP) is 2.57. The molecule has 130 valence electrons. The standard InChI is InChI=1S/C20H23N3O2/c24-18-7-4-14-21-23(18)17-10-8-16(9-11-17)22-19(25)20(12-13-20)15-5-2-1-3-6-15/h1-7,14,16-17H,8-13H2,(H,22,25). The van der Waals surface area contributed by atoms with Crippen molar-refractivity contribution in [1.82, 2.24) is 15.1 Å². The van der Waals surface area contributed by atoms with E-state index in [1.54, 1.807) is 23.0 Å². The minimum Gasteiger partial charge on any atom is -0.353 e. The molecule has 1 aromatic heterocycles. The van der Waals surface area contributed by atoms with E-state index >= 15 is 0 Å². The topological polar surface area (TPSA) is 64.0 Å². The Kier molecular flexibility index (Phi) is 4.15. The Morgan fingerprint density at radius 3 is 2.40 bits per heavy atom. The summed E-state index contributed by atoms with van der Waals surface area (Å²) in [5.74, 6) is 0.164. The van der Waals surface area contributed by atoms with Crippen molar-refractivity contribution in [3.05, 3.63) is 64.6 Å². The van der Waals surface area contributed by atoms with Crippen LogP contribution in [-0.4, -0.2) is 21.7 Å². The maximum Gasteiger partial charge on any atom is 0.266 e. The van der Waals surface area contributed by atoms with Crippen molar-refractivity contribution >= 4 is 5.91 Å². The average Bonchev–Trinajstić information content (AvgIpc) is 3.46. The lowest BCUT2D eigenvalue weighted by Gasteiger charge is -2.30. The Bertz CT molecular complexity index is 803. The second kappa shape index (κ2) is 6.47. The third-order valence-electron chi connectivity index (χ3n) is 5.63. The number of rotatable bonds is 4. The molecule has 2 saturated carbocycles. The van der Waals surface area contributed by atoms with Crippen molar-refractivity contribution in [1.29, 1.82) is 0 Å². The molecule has 2 aliphatic carbocycles. The lowest BCUT2D eigenvalue weighted by Crippen LogP contribution is -2.44. The quantitative estimate of drug-likeness (QED) is 0.932. The van der Waals surface area contributed by atoms with E-state index in [9.17, 15) is 9.59 Å². The fourth-order valence-corrected chi connectivity index (χ4v) is 3.96. The SMILES string of the molecule is O=C(NC1CCC(n2ncccc2=O)CC1)C1(c2ccccc2)CC1. The van der Waals surface area contributed by atoms with Crippen LogP contribution in [0.2, 0.25) is 0 Å². The van der Waals surface area contributed by atoms with Crippen LogP contribution in [-0.2, 0) is 10.2 Å². The van der Waals surface area contributed by atoms with Crippen molar-refractivity contribution in [2.45, 2.75) is 56.0 Å². The second-order valence-electron chi connectivity index (χ2n) is 7.23. The summed E-state index contributed by atoms with van der Waals surface area (Å²) in [5.41, 5.74) is 0.771. The molecule has 0 aliphatic heterocycles. The van der Waals surface area contributed by atoms with Gasteiger partial charge in [0.15, 0.2) is 0 Å². The van der Waals surface area contributed by atoms with Crippen molar-refractivity contribution < 1.29 is 4.79 Å². The van der Waals surface area contributed by atoms with Gasteiger partial charge < -0.3 is 5.32 Å². The average molecular weight is 337 g/mol. The minimum absolute atomic E-state index is 0.0454. The van der Waals surface area contributed by atoms with E-state index < -0.39 is 0 Å². The summed E-state index contributed by atoms with van der Waals surface area (Å²) >= 11 is 0. The van der Waals surface area contributed by atoms with E-state index in [2.05, 4.69) is 22.5 Å². The van der Waals surface area contributed by atoms with Gasteiger partial charge in [-0.3, -0.25) is 9.59 Å². The van der Waals surface area contributed by atoms with Crippen LogP contribution in [0.25, 0.3) is 0 Å². The Labute approximate surface area is 147 Å². The normalized spacial score (nSPS) is 24.5. The monoisotopic (exact) mass is 337 g/mol. The summed E-state index contributed by atoms with van der Waals surface area (Å²) in [7, 11) is 0. The van der Waals surface area contributed by atoms with Crippen LogP contribution in [0.5, 0.6) is 0 Å². The number of amides is 1. The molecule has 4 rings (SSSR count). The number of nitrogens with zero attached hydrogens (tertiary/aromatic N) is 2. The molecule has 0 unspecified atom stereocenters. The zero-order chi connectivity index (χ0) is 17.3. The lowest BCUT2D eigenvalue weighted by molar-refractivity contribution is -0.124. The molecule has 2 fully saturated rings. The molecule has 0 spiro atoms. The number of carbonyl (C=O) groups is 1. The van der Waals surface area contributed by atoms with E-state index in [-0.39, 0.29) is 29.0 Å². The number of benzene rings is 1. The molecule has 5 nitrogen and oxygen atoms in total. The molecule has 0 bridgehead atoms. The number of aromatic nitrogens is 2. The first-order chi connectivity index (χ1) is 12.2. The summed E-state index contributed by atoms with van der Waals surface area (Å²) in [6.45, 7) is 0. The van der Waals surface area contributed by atoms with Crippen LogP contribution in [0.15, 0.2) is 53.5 Å². The van der Waals surface area contributed by atoms with Gasteiger partial charge in [0.2, 0.25) is 5.91 Å². The molecule has 0 atom stereocenters. The Hall–Kier alpha value is -2.43. The summed E-state index contributed by atoms with van der Waals surface area (Å²) in [4.78, 5) is 24.7. The van der Waals surface area contributed by atoms with Crippen molar-refractivity contribution in [2.24, 2.45) is 0 Å². The molecule has 25 heavy (non-hydrogen) atoms. The Morgan fingerprint density at radius 1 is 1.04 bits per heavy atom. The molecule has 5 heteroatoms. The van der Waals surface area contributed by atoms with Gasteiger partial charge in [0.05, 0.1) is 11.5 Å². The smallest absolute Gasteiger partial charge is 0.266 e. The van der Waals surface area contributed by atoms with Gasteiger partial charge in [-0.25, -0.2) is 4.68 Å². The van der Waals surface area contributed by atoms with Gasteiger partial charge in [0.1, 0.15) is 0 Å². The Morgan fingerprint density at radius 2 is 1.76 bits per heavy atom. The summed E-state index contributed by atoms with van der Waals surface area (Å²) < 4.78 is 1.59. The van der Waals surface area contributed by atoms with Crippen LogP contribution in [0.3, 0.4) is 0 Å². The molecular formula is C20H23N3O2. The van der Waals surface area contributed by atoms with E-state index in [0.717, 1.165) is 44.1 Å². The van der Waals surface area contributed by atoms with Gasteiger partial charge >= 0.3 is 0 Å². The number of hydrogen-bond acceptors (Lipinski definition) is 3. The minimum atomic E-state index is -0.309. The fraction of sp³-hybridized carbons (Fsp3) is 0.450. The third-order valence-corrected chi connectivity index (χ3v) is 5.63. The van der Waals surface area contributed by atoms with Gasteiger partial charge in [-0.1, -0.05) is 30.3 Å². The van der Waals surface area contributed by atoms with Crippen molar-refractivity contribution in [3.8, 4) is 0 Å². The van der Waals surface area contributed by atoms with E-state index in [1.807, 2.05) is 18.2 Å². The van der Waals surface area contributed by atoms with Crippen molar-refractivity contribution in [2.75, 3.05) is 0 Å². The van der Waals surface area contributed by atoms with Crippen LogP contribution >= 0.6 is 0 Å². The van der Waals surface area contributed by atoms with Gasteiger partial charge in [-0.05, 0) is 50.2 Å². The van der Waals surface area contributed by atoms with Crippen LogP contribution in [0, 0.1) is 0 Å². The molecule has 2 aromatic rings. The molecular weight excluding hydrogens is 314 g/mol. The Balaban J connectivity index is 1.37. The first-order valence-electron chi connectivity index (χ1n) is 9.09. The lowest BCUT2D eigenvalue weighted by atomic mass is 9.89. The van der Waals surface area contributed by atoms with Gasteiger partial charge in [-0.15, -0.1) is 0 Å². The first-order valence-corrected chi connectivity index (χ1v) is 9.09. The summed E-state index contributed by atoms with van der Waals surface area (Å²) in [6, 6.07) is 13.7. The van der Waals surface area contributed by atoms with E-state index in [0.29, 0.717) is 0 Å². The van der Waals surface area contributed by atoms with Crippen LogP contribution < -0.4 is 10.9 Å².